The highest BCUT2D eigenvalue weighted by atomic mass is 32.2. The summed E-state index contributed by atoms with van der Waals surface area (Å²) in [5.41, 5.74) is 0. The molecule has 0 aromatic carbocycles. The first-order valence-electron chi connectivity index (χ1n) is 3.78. The predicted molar refractivity (Wildman–Crippen MR) is 47.7 cm³/mol. The number of hydrogen-bond acceptors (Lipinski definition) is 3. The van der Waals surface area contributed by atoms with E-state index in [1.165, 1.54) is 23.7 Å². The van der Waals surface area contributed by atoms with Crippen LogP contribution in [-0.2, 0) is 4.74 Å². The molecule has 2 aliphatic heterocycles. The maximum Gasteiger partial charge on any atom is 0.0702 e. The maximum absolute atomic E-state index is 5.60. The summed E-state index contributed by atoms with van der Waals surface area (Å²) < 4.78 is 5.60. The number of rotatable bonds is 1. The topological polar surface area (TPSA) is 9.23 Å². The maximum atomic E-state index is 5.60. The molecule has 2 saturated heterocycles. The Labute approximate surface area is 70.3 Å². The average molecular weight is 176 g/mol. The lowest BCUT2D eigenvalue weighted by Gasteiger charge is -2.14. The molecule has 2 fully saturated rings. The first-order chi connectivity index (χ1) is 4.97. The number of ether oxygens (including phenoxy) is 1. The van der Waals surface area contributed by atoms with Gasteiger partial charge in [0.2, 0.25) is 0 Å². The fourth-order valence-corrected chi connectivity index (χ4v) is 4.48. The zero-order chi connectivity index (χ0) is 6.81. The van der Waals surface area contributed by atoms with Crippen molar-refractivity contribution in [2.75, 3.05) is 17.4 Å². The lowest BCUT2D eigenvalue weighted by Crippen LogP contribution is -2.21. The minimum atomic E-state index is 0.597. The molecule has 2 aliphatic rings. The minimum Gasteiger partial charge on any atom is -0.377 e. The lowest BCUT2D eigenvalue weighted by atomic mass is 10.2. The van der Waals surface area contributed by atoms with Crippen molar-refractivity contribution in [2.24, 2.45) is 0 Å². The van der Waals surface area contributed by atoms with Gasteiger partial charge in [0, 0.05) is 22.7 Å². The van der Waals surface area contributed by atoms with Crippen LogP contribution in [0.25, 0.3) is 0 Å². The first kappa shape index (κ1) is 7.32. The second-order valence-corrected chi connectivity index (χ2v) is 5.37. The van der Waals surface area contributed by atoms with E-state index in [4.69, 9.17) is 4.74 Å². The van der Waals surface area contributed by atoms with E-state index < -0.39 is 0 Å². The molecule has 10 heavy (non-hydrogen) atoms. The van der Waals surface area contributed by atoms with Gasteiger partial charge in [0.15, 0.2) is 0 Å². The highest BCUT2D eigenvalue weighted by Gasteiger charge is 2.28. The van der Waals surface area contributed by atoms with Crippen molar-refractivity contribution >= 4 is 23.5 Å². The smallest absolute Gasteiger partial charge is 0.0702 e. The van der Waals surface area contributed by atoms with Crippen LogP contribution >= 0.6 is 23.5 Å². The van der Waals surface area contributed by atoms with E-state index >= 15 is 0 Å². The van der Waals surface area contributed by atoms with Crippen molar-refractivity contribution in [3.8, 4) is 0 Å². The number of thioether (sulfide) groups is 2. The second-order valence-electron chi connectivity index (χ2n) is 2.75. The first-order valence-corrected chi connectivity index (χ1v) is 5.98. The van der Waals surface area contributed by atoms with Crippen LogP contribution < -0.4 is 0 Å². The molecule has 0 bridgehead atoms. The molecule has 0 aromatic rings. The summed E-state index contributed by atoms with van der Waals surface area (Å²) in [4.78, 5) is 0. The Morgan fingerprint density at radius 1 is 1.40 bits per heavy atom. The molecule has 2 rings (SSSR count). The van der Waals surface area contributed by atoms with Crippen LogP contribution in [0.3, 0.4) is 0 Å². The van der Waals surface area contributed by atoms with Crippen LogP contribution in [-0.4, -0.2) is 28.8 Å². The molecule has 2 unspecified atom stereocenters. The minimum absolute atomic E-state index is 0.597. The largest absolute Gasteiger partial charge is 0.377 e. The van der Waals surface area contributed by atoms with Gasteiger partial charge in [-0.1, -0.05) is 0 Å². The Morgan fingerprint density at radius 3 is 3.00 bits per heavy atom. The van der Waals surface area contributed by atoms with Gasteiger partial charge in [-0.2, -0.15) is 0 Å². The summed E-state index contributed by atoms with van der Waals surface area (Å²) in [5, 5.41) is 2.09. The third kappa shape index (κ3) is 1.46. The van der Waals surface area contributed by atoms with E-state index in [1.807, 2.05) is 0 Å². The van der Waals surface area contributed by atoms with E-state index in [0.29, 0.717) is 6.10 Å². The molecule has 0 N–H and O–H groups in total. The molecule has 0 aromatic heterocycles. The zero-order valence-electron chi connectivity index (χ0n) is 5.91. The van der Waals surface area contributed by atoms with Crippen LogP contribution in [0.15, 0.2) is 0 Å². The van der Waals surface area contributed by atoms with Crippen molar-refractivity contribution in [2.45, 2.75) is 24.2 Å². The molecule has 58 valence electrons. The summed E-state index contributed by atoms with van der Waals surface area (Å²) >= 11 is 4.13. The van der Waals surface area contributed by atoms with Crippen LogP contribution in [0.1, 0.15) is 12.8 Å². The normalized spacial score (nSPS) is 40.8. The van der Waals surface area contributed by atoms with E-state index in [2.05, 4.69) is 23.5 Å². The fourth-order valence-electron chi connectivity index (χ4n) is 1.46. The third-order valence-electron chi connectivity index (χ3n) is 2.03. The summed E-state index contributed by atoms with van der Waals surface area (Å²) in [6.07, 6.45) is 3.19. The van der Waals surface area contributed by atoms with Crippen molar-refractivity contribution in [1.82, 2.24) is 0 Å². The molecule has 3 heteroatoms. The molecule has 0 amide bonds. The quantitative estimate of drug-likeness (QED) is 0.604. The van der Waals surface area contributed by atoms with Crippen molar-refractivity contribution in [3.63, 3.8) is 0 Å². The highest BCUT2D eigenvalue weighted by Crippen LogP contribution is 2.35. The van der Waals surface area contributed by atoms with E-state index in [1.54, 1.807) is 0 Å². The van der Waals surface area contributed by atoms with Crippen LogP contribution in [0, 0.1) is 0 Å². The molecule has 0 aliphatic carbocycles. The van der Waals surface area contributed by atoms with Gasteiger partial charge in [0.05, 0.1) is 6.10 Å². The molecule has 1 nitrogen and oxygen atoms in total. The standard InChI is InChI=1S/C7H12OS2/c1-2-6(8-3-1)7-4-9-5-10-7/h6-7H,1-5H2. The molecule has 0 radical (unpaired) electrons. The van der Waals surface area contributed by atoms with Gasteiger partial charge in [-0.3, -0.25) is 0 Å². The summed E-state index contributed by atoms with van der Waals surface area (Å²) in [6.45, 7) is 1.01. The van der Waals surface area contributed by atoms with Gasteiger partial charge in [0.25, 0.3) is 0 Å². The second kappa shape index (κ2) is 3.37. The van der Waals surface area contributed by atoms with Gasteiger partial charge in [-0.15, -0.1) is 23.5 Å². The molecule has 0 saturated carbocycles. The van der Waals surface area contributed by atoms with Crippen LogP contribution in [0.5, 0.6) is 0 Å². The molecule has 2 atom stereocenters. The molecular formula is C7H12OS2. The van der Waals surface area contributed by atoms with Gasteiger partial charge in [-0.25, -0.2) is 0 Å². The predicted octanol–water partition coefficient (Wildman–Crippen LogP) is 1.97. The van der Waals surface area contributed by atoms with Gasteiger partial charge in [0.1, 0.15) is 0 Å². The highest BCUT2D eigenvalue weighted by molar-refractivity contribution is 8.19. The average Bonchev–Trinajstić information content (AvgIpc) is 2.59. The summed E-state index contributed by atoms with van der Waals surface area (Å²) in [6, 6.07) is 0. The zero-order valence-corrected chi connectivity index (χ0v) is 7.55. The molecule has 0 spiro atoms. The summed E-state index contributed by atoms with van der Waals surface area (Å²) in [7, 11) is 0. The van der Waals surface area contributed by atoms with E-state index in [0.717, 1.165) is 11.9 Å². The third-order valence-corrected chi connectivity index (χ3v) is 4.94. The summed E-state index contributed by atoms with van der Waals surface area (Å²) in [5.74, 6) is 1.31. The lowest BCUT2D eigenvalue weighted by molar-refractivity contribution is 0.113. The monoisotopic (exact) mass is 176 g/mol. The Hall–Kier alpha value is 0.660. The Kier molecular flexibility index (Phi) is 2.47. The molecular weight excluding hydrogens is 164 g/mol. The van der Waals surface area contributed by atoms with Gasteiger partial charge >= 0.3 is 0 Å². The fraction of sp³-hybridized carbons (Fsp3) is 1.00. The number of hydrogen-bond donors (Lipinski definition) is 0. The van der Waals surface area contributed by atoms with Crippen molar-refractivity contribution < 1.29 is 4.74 Å². The van der Waals surface area contributed by atoms with Crippen LogP contribution in [0.4, 0.5) is 0 Å². The van der Waals surface area contributed by atoms with Crippen molar-refractivity contribution in [3.05, 3.63) is 0 Å². The van der Waals surface area contributed by atoms with Crippen molar-refractivity contribution in [1.29, 1.82) is 0 Å². The Morgan fingerprint density at radius 2 is 2.40 bits per heavy atom. The Balaban J connectivity index is 1.85. The van der Waals surface area contributed by atoms with E-state index in [-0.39, 0.29) is 0 Å². The van der Waals surface area contributed by atoms with Gasteiger partial charge in [-0.05, 0) is 12.8 Å². The van der Waals surface area contributed by atoms with E-state index in [9.17, 15) is 0 Å². The Bertz CT molecular complexity index is 92.2. The van der Waals surface area contributed by atoms with Crippen LogP contribution in [0.2, 0.25) is 0 Å². The SMILES string of the molecule is C1COC(C2CSCS2)C1. The van der Waals surface area contributed by atoms with Gasteiger partial charge < -0.3 is 4.74 Å². The molecule has 2 heterocycles.